The highest BCUT2D eigenvalue weighted by atomic mass is 16.5. The van der Waals surface area contributed by atoms with Gasteiger partial charge in [0.25, 0.3) is 11.8 Å². The Labute approximate surface area is 211 Å². The zero-order valence-electron chi connectivity index (χ0n) is 20.0. The van der Waals surface area contributed by atoms with Crippen molar-refractivity contribution in [2.75, 3.05) is 25.6 Å². The van der Waals surface area contributed by atoms with Crippen molar-refractivity contribution >= 4 is 29.3 Å². The Morgan fingerprint density at radius 2 is 1.89 bits per heavy atom. The van der Waals surface area contributed by atoms with Gasteiger partial charge in [0.1, 0.15) is 24.2 Å². The lowest BCUT2D eigenvalue weighted by molar-refractivity contribution is -0.136. The van der Waals surface area contributed by atoms with Gasteiger partial charge in [-0.25, -0.2) is 4.98 Å². The van der Waals surface area contributed by atoms with E-state index in [2.05, 4.69) is 15.6 Å². The highest BCUT2D eigenvalue weighted by Crippen LogP contribution is 2.33. The van der Waals surface area contributed by atoms with E-state index >= 15 is 0 Å². The third kappa shape index (κ3) is 4.81. The lowest BCUT2D eigenvalue weighted by atomic mass is 10.0. The molecule has 0 aliphatic carbocycles. The summed E-state index contributed by atoms with van der Waals surface area (Å²) in [5.74, 6) is -0.557. The topological polar surface area (TPSA) is 140 Å². The van der Waals surface area contributed by atoms with E-state index in [-0.39, 0.29) is 30.5 Å². The van der Waals surface area contributed by atoms with Crippen LogP contribution in [0, 0.1) is 0 Å². The molecule has 37 heavy (non-hydrogen) atoms. The molecule has 2 N–H and O–H groups in total. The number of nitrogens with one attached hydrogen (secondary N) is 2. The Morgan fingerprint density at radius 3 is 2.65 bits per heavy atom. The molecule has 190 valence electrons. The smallest absolute Gasteiger partial charge is 0.264 e. The van der Waals surface area contributed by atoms with Crippen molar-refractivity contribution in [2.45, 2.75) is 25.4 Å². The van der Waals surface area contributed by atoms with Crippen molar-refractivity contribution < 1.29 is 33.1 Å². The number of amides is 4. The molecule has 0 bridgehead atoms. The maximum Gasteiger partial charge on any atom is 0.264 e. The third-order valence-corrected chi connectivity index (χ3v) is 6.13. The average molecular weight is 504 g/mol. The van der Waals surface area contributed by atoms with Crippen LogP contribution in [0.25, 0.3) is 11.5 Å². The first kappa shape index (κ1) is 24.2. The van der Waals surface area contributed by atoms with Gasteiger partial charge in [-0.1, -0.05) is 6.07 Å². The molecule has 0 radical (unpaired) electrons. The van der Waals surface area contributed by atoms with E-state index in [1.165, 1.54) is 0 Å². The van der Waals surface area contributed by atoms with Gasteiger partial charge in [0, 0.05) is 24.8 Å². The van der Waals surface area contributed by atoms with Crippen LogP contribution in [0.1, 0.15) is 39.3 Å². The molecule has 1 saturated heterocycles. The molecule has 1 unspecified atom stereocenters. The SMILES string of the molecule is COCCOc1ccc(-c2ncc(CNc3cccc4c3C(=O)N(C3CCC(=O)NC3=O)C4=O)o2)cc1. The molecule has 1 fully saturated rings. The van der Waals surface area contributed by atoms with E-state index in [4.69, 9.17) is 13.9 Å². The van der Waals surface area contributed by atoms with Crippen LogP contribution >= 0.6 is 0 Å². The number of nitrogens with zero attached hydrogens (tertiary/aromatic N) is 2. The molecule has 11 nitrogen and oxygen atoms in total. The number of aromatic nitrogens is 1. The number of rotatable bonds is 9. The highest BCUT2D eigenvalue weighted by Gasteiger charge is 2.45. The Bertz CT molecular complexity index is 1370. The molecular weight excluding hydrogens is 480 g/mol. The zero-order chi connectivity index (χ0) is 25.9. The van der Waals surface area contributed by atoms with Gasteiger partial charge in [0.15, 0.2) is 0 Å². The average Bonchev–Trinajstić information content (AvgIpc) is 3.47. The zero-order valence-corrected chi connectivity index (χ0v) is 20.0. The minimum Gasteiger partial charge on any atom is -0.491 e. The fraction of sp³-hybridized carbons (Fsp3) is 0.269. The van der Waals surface area contributed by atoms with Crippen LogP contribution in [0.2, 0.25) is 0 Å². The summed E-state index contributed by atoms with van der Waals surface area (Å²) in [5, 5.41) is 5.33. The van der Waals surface area contributed by atoms with Crippen LogP contribution in [-0.2, 0) is 20.9 Å². The van der Waals surface area contributed by atoms with Crippen LogP contribution < -0.4 is 15.4 Å². The summed E-state index contributed by atoms with van der Waals surface area (Å²) in [6.07, 6.45) is 1.74. The fourth-order valence-electron chi connectivity index (χ4n) is 4.30. The van der Waals surface area contributed by atoms with Crippen LogP contribution in [0.4, 0.5) is 5.69 Å². The lowest BCUT2D eigenvalue weighted by Gasteiger charge is -2.27. The second kappa shape index (κ2) is 10.2. The number of fused-ring (bicyclic) bond motifs is 1. The third-order valence-electron chi connectivity index (χ3n) is 6.13. The molecule has 5 rings (SSSR count). The summed E-state index contributed by atoms with van der Waals surface area (Å²) in [5.41, 5.74) is 1.58. The second-order valence-electron chi connectivity index (χ2n) is 8.53. The van der Waals surface area contributed by atoms with E-state index in [9.17, 15) is 19.2 Å². The number of hydrogen-bond acceptors (Lipinski definition) is 9. The quantitative estimate of drug-likeness (QED) is 0.332. The second-order valence-corrected chi connectivity index (χ2v) is 8.53. The molecule has 0 saturated carbocycles. The number of oxazole rings is 1. The number of anilines is 1. The normalized spacial score (nSPS) is 17.1. The van der Waals surface area contributed by atoms with Gasteiger partial charge in [0.2, 0.25) is 17.7 Å². The fourth-order valence-corrected chi connectivity index (χ4v) is 4.30. The van der Waals surface area contributed by atoms with Crippen molar-refractivity contribution in [3.8, 4) is 17.2 Å². The Hall–Kier alpha value is -4.51. The molecular formula is C26H24N4O7. The number of benzene rings is 2. The maximum atomic E-state index is 13.2. The van der Waals surface area contributed by atoms with Gasteiger partial charge >= 0.3 is 0 Å². The molecule has 2 aromatic carbocycles. The first-order valence-corrected chi connectivity index (χ1v) is 11.7. The first-order valence-electron chi connectivity index (χ1n) is 11.7. The van der Waals surface area contributed by atoms with Gasteiger partial charge in [-0.3, -0.25) is 29.4 Å². The highest BCUT2D eigenvalue weighted by molar-refractivity contribution is 6.25. The van der Waals surface area contributed by atoms with Crippen LogP contribution in [0.15, 0.2) is 53.1 Å². The van der Waals surface area contributed by atoms with Crippen LogP contribution in [0.3, 0.4) is 0 Å². The van der Waals surface area contributed by atoms with Gasteiger partial charge in [-0.15, -0.1) is 0 Å². The Balaban J connectivity index is 1.27. The summed E-state index contributed by atoms with van der Waals surface area (Å²) in [6.45, 7) is 1.16. The van der Waals surface area contributed by atoms with E-state index in [1.54, 1.807) is 31.5 Å². The molecule has 11 heteroatoms. The Kier molecular flexibility index (Phi) is 6.69. The van der Waals surface area contributed by atoms with Gasteiger partial charge in [-0.2, -0.15) is 0 Å². The van der Waals surface area contributed by atoms with Gasteiger partial charge in [-0.05, 0) is 42.8 Å². The van der Waals surface area contributed by atoms with Crippen molar-refractivity contribution in [1.29, 1.82) is 0 Å². The van der Waals surface area contributed by atoms with Gasteiger partial charge < -0.3 is 19.2 Å². The number of hydrogen-bond donors (Lipinski definition) is 2. The number of carbonyl (C=O) groups is 4. The van der Waals surface area contributed by atoms with Crippen LogP contribution in [-0.4, -0.2) is 59.9 Å². The number of piperidine rings is 1. The van der Waals surface area contributed by atoms with Crippen molar-refractivity contribution in [1.82, 2.24) is 15.2 Å². The van der Waals surface area contributed by atoms with Crippen molar-refractivity contribution in [3.63, 3.8) is 0 Å². The van der Waals surface area contributed by atoms with E-state index in [1.807, 2.05) is 24.3 Å². The number of methoxy groups -OCH3 is 1. The largest absolute Gasteiger partial charge is 0.491 e. The summed E-state index contributed by atoms with van der Waals surface area (Å²) < 4.78 is 16.4. The minimum absolute atomic E-state index is 0.0618. The molecule has 4 amide bonds. The molecule has 1 aromatic heterocycles. The molecule has 2 aliphatic heterocycles. The van der Waals surface area contributed by atoms with Crippen molar-refractivity contribution in [3.05, 3.63) is 65.5 Å². The molecule has 3 heterocycles. The number of ether oxygens (including phenoxy) is 2. The van der Waals surface area contributed by atoms with Crippen LogP contribution in [0.5, 0.6) is 5.75 Å². The molecule has 3 aromatic rings. The maximum absolute atomic E-state index is 13.2. The van der Waals surface area contributed by atoms with E-state index in [0.717, 1.165) is 10.5 Å². The van der Waals surface area contributed by atoms with Crippen molar-refractivity contribution in [2.24, 2.45) is 0 Å². The number of carbonyl (C=O) groups excluding carboxylic acids is 4. The Morgan fingerprint density at radius 1 is 1.08 bits per heavy atom. The number of imide groups is 2. The molecule has 1 atom stereocenters. The first-order chi connectivity index (χ1) is 18.0. The molecule has 0 spiro atoms. The monoisotopic (exact) mass is 504 g/mol. The van der Waals surface area contributed by atoms with E-state index in [0.29, 0.717) is 36.3 Å². The predicted molar refractivity (Wildman–Crippen MR) is 130 cm³/mol. The van der Waals surface area contributed by atoms with Gasteiger partial charge in [0.05, 0.1) is 30.5 Å². The summed E-state index contributed by atoms with van der Waals surface area (Å²) >= 11 is 0. The predicted octanol–water partition coefficient (Wildman–Crippen LogP) is 2.38. The lowest BCUT2D eigenvalue weighted by Crippen LogP contribution is -2.54. The summed E-state index contributed by atoms with van der Waals surface area (Å²) in [4.78, 5) is 55.3. The summed E-state index contributed by atoms with van der Waals surface area (Å²) in [7, 11) is 1.61. The molecule has 2 aliphatic rings. The summed E-state index contributed by atoms with van der Waals surface area (Å²) in [6, 6.07) is 11.2. The minimum atomic E-state index is -1.02. The van der Waals surface area contributed by atoms with E-state index < -0.39 is 29.7 Å². The standard InChI is InChI=1S/C26H24N4O7/c1-35-11-12-36-16-7-5-15(6-8-16)24-28-14-17(37-24)13-27-19-4-2-3-18-22(19)26(34)30(25(18)33)20-9-10-21(31)29-23(20)32/h2-8,14,20,27H,9-13H2,1H3,(H,29,31,32).